The SMILES string of the molecule is COC(=O)[C@@H](C)Oc1c(Br)cc(C=Nn2c(C(C)C)nc3ccc(Br)cc3c2=O)cc1Br. The number of esters is 1. The molecule has 0 saturated carbocycles. The van der Waals surface area contributed by atoms with Gasteiger partial charge in [-0.1, -0.05) is 29.8 Å². The number of halogens is 3. The number of methoxy groups -OCH3 is 1. The highest BCUT2D eigenvalue weighted by Crippen LogP contribution is 2.35. The van der Waals surface area contributed by atoms with Crippen LogP contribution in [0.1, 0.15) is 38.1 Å². The van der Waals surface area contributed by atoms with Gasteiger partial charge in [-0.15, -0.1) is 0 Å². The van der Waals surface area contributed by atoms with Gasteiger partial charge in [-0.25, -0.2) is 9.78 Å². The molecule has 1 aromatic heterocycles. The van der Waals surface area contributed by atoms with E-state index in [0.29, 0.717) is 37.0 Å². The maximum atomic E-state index is 13.1. The highest BCUT2D eigenvalue weighted by Gasteiger charge is 2.19. The van der Waals surface area contributed by atoms with Crippen LogP contribution in [-0.4, -0.2) is 35.1 Å². The number of carbonyl (C=O) groups is 1. The first kappa shape index (κ1) is 24.6. The highest BCUT2D eigenvalue weighted by molar-refractivity contribution is 9.11. The number of benzene rings is 2. The number of nitrogens with zero attached hydrogens (tertiary/aromatic N) is 3. The van der Waals surface area contributed by atoms with Crippen molar-refractivity contribution >= 4 is 70.9 Å². The molecule has 10 heteroatoms. The largest absolute Gasteiger partial charge is 0.477 e. The third-order valence-electron chi connectivity index (χ3n) is 4.52. The van der Waals surface area contributed by atoms with E-state index in [2.05, 4.69) is 57.9 Å². The zero-order chi connectivity index (χ0) is 23.6. The predicted molar refractivity (Wildman–Crippen MR) is 135 cm³/mol. The maximum absolute atomic E-state index is 13.1. The normalized spacial score (nSPS) is 12.5. The van der Waals surface area contributed by atoms with Gasteiger partial charge >= 0.3 is 5.97 Å². The second-order valence-electron chi connectivity index (χ2n) is 7.24. The molecule has 1 atom stereocenters. The number of hydrogen-bond donors (Lipinski definition) is 0. The summed E-state index contributed by atoms with van der Waals surface area (Å²) in [5, 5.41) is 4.91. The van der Waals surface area contributed by atoms with E-state index in [1.54, 1.807) is 31.3 Å². The Balaban J connectivity index is 2.02. The van der Waals surface area contributed by atoms with Crippen LogP contribution < -0.4 is 10.3 Å². The Morgan fingerprint density at radius 2 is 1.78 bits per heavy atom. The minimum absolute atomic E-state index is 0.0121. The Labute approximate surface area is 210 Å². The molecule has 0 aliphatic heterocycles. The third-order valence-corrected chi connectivity index (χ3v) is 6.19. The van der Waals surface area contributed by atoms with Gasteiger partial charge < -0.3 is 9.47 Å². The Bertz CT molecular complexity index is 1250. The monoisotopic (exact) mass is 627 g/mol. The van der Waals surface area contributed by atoms with Gasteiger partial charge in [-0.3, -0.25) is 4.79 Å². The third kappa shape index (κ3) is 5.29. The summed E-state index contributed by atoms with van der Waals surface area (Å²) in [4.78, 5) is 29.4. The van der Waals surface area contributed by atoms with Gasteiger partial charge in [0.2, 0.25) is 0 Å². The van der Waals surface area contributed by atoms with Crippen LogP contribution in [0.3, 0.4) is 0 Å². The van der Waals surface area contributed by atoms with Crippen LogP contribution in [0, 0.1) is 0 Å². The minimum Gasteiger partial charge on any atom is -0.477 e. The van der Waals surface area contributed by atoms with Gasteiger partial charge in [0.05, 0.1) is 33.2 Å². The van der Waals surface area contributed by atoms with Crippen LogP contribution in [0.5, 0.6) is 5.75 Å². The summed E-state index contributed by atoms with van der Waals surface area (Å²) in [5.74, 6) is 0.524. The van der Waals surface area contributed by atoms with Crippen molar-refractivity contribution in [2.24, 2.45) is 5.10 Å². The standard InChI is InChI=1S/C22H20Br3N3O4/c1-11(2)20-27-18-6-5-14(23)9-15(18)21(29)28(20)26-10-13-7-16(24)19(17(25)8-13)32-12(3)22(30)31-4/h5-12H,1-4H3/t12-/m1/s1. The molecule has 0 aliphatic carbocycles. The second-order valence-corrected chi connectivity index (χ2v) is 9.87. The van der Waals surface area contributed by atoms with E-state index in [-0.39, 0.29) is 11.5 Å². The second kappa shape index (κ2) is 10.3. The smallest absolute Gasteiger partial charge is 0.346 e. The molecule has 0 bridgehead atoms. The number of hydrogen-bond acceptors (Lipinski definition) is 6. The van der Waals surface area contributed by atoms with Gasteiger partial charge in [0.15, 0.2) is 6.10 Å². The Hall–Kier alpha value is -2.04. The molecule has 0 amide bonds. The molecule has 3 aromatic rings. The summed E-state index contributed by atoms with van der Waals surface area (Å²) in [5.41, 5.74) is 1.08. The minimum atomic E-state index is -0.776. The van der Waals surface area contributed by atoms with E-state index in [1.165, 1.54) is 11.8 Å². The maximum Gasteiger partial charge on any atom is 0.346 e. The number of rotatable bonds is 6. The van der Waals surface area contributed by atoms with Crippen LogP contribution >= 0.6 is 47.8 Å². The van der Waals surface area contributed by atoms with Gasteiger partial charge in [0.1, 0.15) is 11.6 Å². The van der Waals surface area contributed by atoms with E-state index in [1.807, 2.05) is 26.0 Å². The molecule has 0 radical (unpaired) electrons. The van der Waals surface area contributed by atoms with Crippen LogP contribution in [0.25, 0.3) is 10.9 Å². The number of aromatic nitrogens is 2. The first-order valence-electron chi connectivity index (χ1n) is 9.62. The van der Waals surface area contributed by atoms with Crippen molar-refractivity contribution in [2.45, 2.75) is 32.8 Å². The average Bonchev–Trinajstić information content (AvgIpc) is 2.74. The lowest BCUT2D eigenvalue weighted by molar-refractivity contribution is -0.147. The molecule has 0 N–H and O–H groups in total. The molecule has 0 fully saturated rings. The zero-order valence-corrected chi connectivity index (χ0v) is 22.5. The number of ether oxygens (including phenoxy) is 2. The van der Waals surface area contributed by atoms with Gasteiger partial charge in [0.25, 0.3) is 5.56 Å². The summed E-state index contributed by atoms with van der Waals surface area (Å²) >= 11 is 10.3. The molecule has 2 aromatic carbocycles. The fourth-order valence-electron chi connectivity index (χ4n) is 2.93. The lowest BCUT2D eigenvalue weighted by atomic mass is 10.2. The Morgan fingerprint density at radius 3 is 2.38 bits per heavy atom. The van der Waals surface area contributed by atoms with Crippen LogP contribution in [0.2, 0.25) is 0 Å². The molecule has 168 valence electrons. The van der Waals surface area contributed by atoms with Gasteiger partial charge in [-0.2, -0.15) is 9.78 Å². The van der Waals surface area contributed by atoms with Crippen molar-refractivity contribution in [1.29, 1.82) is 0 Å². The van der Waals surface area contributed by atoms with Crippen molar-refractivity contribution < 1.29 is 14.3 Å². The van der Waals surface area contributed by atoms with Crippen molar-refractivity contribution in [3.63, 3.8) is 0 Å². The number of carbonyl (C=O) groups excluding carboxylic acids is 1. The van der Waals surface area contributed by atoms with E-state index in [9.17, 15) is 9.59 Å². The molecular formula is C22H20Br3N3O4. The molecule has 32 heavy (non-hydrogen) atoms. The first-order chi connectivity index (χ1) is 15.1. The predicted octanol–water partition coefficient (Wildman–Crippen LogP) is 5.63. The highest BCUT2D eigenvalue weighted by atomic mass is 79.9. The fourth-order valence-corrected chi connectivity index (χ4v) is 4.70. The lowest BCUT2D eigenvalue weighted by Crippen LogP contribution is -2.25. The van der Waals surface area contributed by atoms with Gasteiger partial charge in [0, 0.05) is 10.4 Å². The zero-order valence-electron chi connectivity index (χ0n) is 17.7. The number of fused-ring (bicyclic) bond motifs is 1. The summed E-state index contributed by atoms with van der Waals surface area (Å²) in [6.45, 7) is 5.52. The molecule has 1 heterocycles. The molecule has 7 nitrogen and oxygen atoms in total. The quantitative estimate of drug-likeness (QED) is 0.261. The van der Waals surface area contributed by atoms with Crippen molar-refractivity contribution in [2.75, 3.05) is 7.11 Å². The van der Waals surface area contributed by atoms with Crippen molar-refractivity contribution in [1.82, 2.24) is 9.66 Å². The molecule has 0 spiro atoms. The molecule has 0 saturated heterocycles. The summed E-state index contributed by atoms with van der Waals surface area (Å²) < 4.78 is 13.7. The first-order valence-corrected chi connectivity index (χ1v) is 12.0. The molecular weight excluding hydrogens is 610 g/mol. The topological polar surface area (TPSA) is 82.8 Å². The van der Waals surface area contributed by atoms with Crippen LogP contribution in [0.15, 0.2) is 53.6 Å². The van der Waals surface area contributed by atoms with E-state index >= 15 is 0 Å². The molecule has 0 aliphatic rings. The molecule has 0 unspecified atom stereocenters. The van der Waals surface area contributed by atoms with Gasteiger partial charge in [-0.05, 0) is 74.7 Å². The lowest BCUT2D eigenvalue weighted by Gasteiger charge is -2.15. The summed E-state index contributed by atoms with van der Waals surface area (Å²) in [6.07, 6.45) is 0.796. The Kier molecular flexibility index (Phi) is 7.89. The van der Waals surface area contributed by atoms with E-state index in [4.69, 9.17) is 9.47 Å². The van der Waals surface area contributed by atoms with Crippen LogP contribution in [-0.2, 0) is 9.53 Å². The summed E-state index contributed by atoms with van der Waals surface area (Å²) in [7, 11) is 1.31. The molecule has 3 rings (SSSR count). The van der Waals surface area contributed by atoms with E-state index < -0.39 is 12.1 Å². The van der Waals surface area contributed by atoms with E-state index in [0.717, 1.165) is 4.47 Å². The van der Waals surface area contributed by atoms with Crippen molar-refractivity contribution in [3.8, 4) is 5.75 Å². The Morgan fingerprint density at radius 1 is 1.12 bits per heavy atom. The average molecular weight is 630 g/mol. The summed E-state index contributed by atoms with van der Waals surface area (Å²) in [6, 6.07) is 8.95. The van der Waals surface area contributed by atoms with Crippen LogP contribution in [0.4, 0.5) is 0 Å². The van der Waals surface area contributed by atoms with Crippen molar-refractivity contribution in [3.05, 3.63) is 65.5 Å². The fraction of sp³-hybridized carbons (Fsp3) is 0.273.